The maximum Gasteiger partial charge on any atom is 0.238 e. The van der Waals surface area contributed by atoms with Crippen molar-refractivity contribution in [1.82, 2.24) is 15.5 Å². The standard InChI is InChI=1S/C11H13N3O2.ClH/c1-3-8(7-12-5-1)11-13-10(14-16-11)9-4-2-6-15-9;/h2,4,6,8,12H,1,3,5,7H2;1H. The van der Waals surface area contributed by atoms with Gasteiger partial charge in [-0.15, -0.1) is 12.4 Å². The van der Waals surface area contributed by atoms with Gasteiger partial charge in [0.1, 0.15) is 0 Å². The number of nitrogens with one attached hydrogen (secondary N) is 1. The van der Waals surface area contributed by atoms with E-state index < -0.39 is 0 Å². The smallest absolute Gasteiger partial charge is 0.238 e. The van der Waals surface area contributed by atoms with Gasteiger partial charge in [-0.25, -0.2) is 0 Å². The Morgan fingerprint density at radius 3 is 3.06 bits per heavy atom. The molecule has 1 atom stereocenters. The molecule has 1 fully saturated rings. The number of furan rings is 1. The van der Waals surface area contributed by atoms with Gasteiger partial charge in [0.2, 0.25) is 11.7 Å². The zero-order valence-electron chi connectivity index (χ0n) is 9.26. The maximum absolute atomic E-state index is 5.27. The van der Waals surface area contributed by atoms with Crippen LogP contribution in [0.4, 0.5) is 0 Å². The van der Waals surface area contributed by atoms with Crippen molar-refractivity contribution < 1.29 is 8.94 Å². The van der Waals surface area contributed by atoms with Crippen LogP contribution in [0.25, 0.3) is 11.6 Å². The molecule has 3 heterocycles. The molecular weight excluding hydrogens is 242 g/mol. The van der Waals surface area contributed by atoms with Gasteiger partial charge in [-0.3, -0.25) is 0 Å². The van der Waals surface area contributed by atoms with Crippen LogP contribution in [-0.4, -0.2) is 23.2 Å². The first-order valence-corrected chi connectivity index (χ1v) is 5.51. The van der Waals surface area contributed by atoms with Crippen LogP contribution in [0.1, 0.15) is 24.7 Å². The van der Waals surface area contributed by atoms with Crippen LogP contribution < -0.4 is 5.32 Å². The number of aromatic nitrogens is 2. The fourth-order valence-electron chi connectivity index (χ4n) is 1.97. The van der Waals surface area contributed by atoms with Gasteiger partial charge in [0, 0.05) is 6.54 Å². The molecule has 0 aliphatic carbocycles. The predicted octanol–water partition coefficient (Wildman–Crippen LogP) is 2.22. The molecule has 6 heteroatoms. The van der Waals surface area contributed by atoms with Gasteiger partial charge in [0.25, 0.3) is 0 Å². The SMILES string of the molecule is Cl.c1coc(-c2noc(C3CCCNC3)n2)c1. The third kappa shape index (κ3) is 2.50. The zero-order valence-corrected chi connectivity index (χ0v) is 10.1. The van der Waals surface area contributed by atoms with Gasteiger partial charge in [-0.2, -0.15) is 4.98 Å². The van der Waals surface area contributed by atoms with Crippen LogP contribution >= 0.6 is 12.4 Å². The van der Waals surface area contributed by atoms with E-state index in [0.29, 0.717) is 23.4 Å². The van der Waals surface area contributed by atoms with Crippen LogP contribution in [-0.2, 0) is 0 Å². The van der Waals surface area contributed by atoms with Crippen LogP contribution in [0.15, 0.2) is 27.3 Å². The zero-order chi connectivity index (χ0) is 10.8. The highest BCUT2D eigenvalue weighted by Gasteiger charge is 2.22. The number of halogens is 1. The monoisotopic (exact) mass is 255 g/mol. The van der Waals surface area contributed by atoms with Crippen LogP contribution in [0.3, 0.4) is 0 Å². The normalized spacial score (nSPS) is 19.9. The van der Waals surface area contributed by atoms with Gasteiger partial charge < -0.3 is 14.3 Å². The molecule has 3 rings (SSSR count). The van der Waals surface area contributed by atoms with Crippen LogP contribution in [0.2, 0.25) is 0 Å². The first-order valence-electron chi connectivity index (χ1n) is 5.51. The Labute approximate surface area is 105 Å². The van der Waals surface area contributed by atoms with E-state index in [2.05, 4.69) is 15.5 Å². The van der Waals surface area contributed by atoms with Crippen molar-refractivity contribution in [3.63, 3.8) is 0 Å². The molecule has 1 aliphatic rings. The summed E-state index contributed by atoms with van der Waals surface area (Å²) in [5.74, 6) is 2.23. The van der Waals surface area contributed by atoms with E-state index in [1.807, 2.05) is 12.1 Å². The van der Waals surface area contributed by atoms with E-state index in [0.717, 1.165) is 25.9 Å². The second kappa shape index (κ2) is 5.33. The molecule has 0 aromatic carbocycles. The topological polar surface area (TPSA) is 64.1 Å². The summed E-state index contributed by atoms with van der Waals surface area (Å²) in [6.07, 6.45) is 3.86. The summed E-state index contributed by atoms with van der Waals surface area (Å²) >= 11 is 0. The Kier molecular flexibility index (Phi) is 3.81. The average molecular weight is 256 g/mol. The summed E-state index contributed by atoms with van der Waals surface area (Å²) in [5.41, 5.74) is 0. The molecule has 2 aromatic heterocycles. The summed E-state index contributed by atoms with van der Waals surface area (Å²) < 4.78 is 10.5. The van der Waals surface area contributed by atoms with E-state index in [1.165, 1.54) is 0 Å². The van der Waals surface area contributed by atoms with Crippen molar-refractivity contribution >= 4 is 12.4 Å². The molecule has 92 valence electrons. The molecule has 0 amide bonds. The highest BCUT2D eigenvalue weighted by molar-refractivity contribution is 5.85. The summed E-state index contributed by atoms with van der Waals surface area (Å²) in [6, 6.07) is 3.64. The van der Waals surface area contributed by atoms with Crippen molar-refractivity contribution in [2.75, 3.05) is 13.1 Å². The highest BCUT2D eigenvalue weighted by Crippen LogP contribution is 2.24. The molecule has 5 nitrogen and oxygen atoms in total. The highest BCUT2D eigenvalue weighted by atomic mass is 35.5. The molecule has 1 aliphatic heterocycles. The summed E-state index contributed by atoms with van der Waals surface area (Å²) in [4.78, 5) is 4.36. The third-order valence-electron chi connectivity index (χ3n) is 2.83. The first-order chi connectivity index (χ1) is 7.93. The van der Waals surface area contributed by atoms with Crippen molar-refractivity contribution in [3.8, 4) is 11.6 Å². The van der Waals surface area contributed by atoms with Crippen LogP contribution in [0, 0.1) is 0 Å². The summed E-state index contributed by atoms with van der Waals surface area (Å²) in [6.45, 7) is 2.00. The number of rotatable bonds is 2. The lowest BCUT2D eigenvalue weighted by Crippen LogP contribution is -2.28. The Bertz CT molecular complexity index is 449. The molecule has 0 saturated carbocycles. The van der Waals surface area contributed by atoms with Crippen molar-refractivity contribution in [1.29, 1.82) is 0 Å². The van der Waals surface area contributed by atoms with E-state index in [4.69, 9.17) is 8.94 Å². The van der Waals surface area contributed by atoms with E-state index >= 15 is 0 Å². The molecule has 1 saturated heterocycles. The second-order valence-electron chi connectivity index (χ2n) is 3.98. The fourth-order valence-corrected chi connectivity index (χ4v) is 1.97. The molecule has 0 radical (unpaired) electrons. The van der Waals surface area contributed by atoms with E-state index in [-0.39, 0.29) is 12.4 Å². The van der Waals surface area contributed by atoms with Crippen molar-refractivity contribution in [3.05, 3.63) is 24.3 Å². The largest absolute Gasteiger partial charge is 0.461 e. The molecule has 1 N–H and O–H groups in total. The summed E-state index contributed by atoms with van der Waals surface area (Å²) in [7, 11) is 0. The molecule has 2 aromatic rings. The number of hydrogen-bond donors (Lipinski definition) is 1. The van der Waals surface area contributed by atoms with Gasteiger partial charge in [0.05, 0.1) is 12.2 Å². The lowest BCUT2D eigenvalue weighted by molar-refractivity contribution is 0.322. The molecule has 0 bridgehead atoms. The predicted molar refractivity (Wildman–Crippen MR) is 64.1 cm³/mol. The lowest BCUT2D eigenvalue weighted by Gasteiger charge is -2.18. The Morgan fingerprint density at radius 2 is 2.35 bits per heavy atom. The number of piperidine rings is 1. The number of nitrogens with zero attached hydrogens (tertiary/aromatic N) is 2. The average Bonchev–Trinajstić information content (AvgIpc) is 3.01. The van der Waals surface area contributed by atoms with E-state index in [9.17, 15) is 0 Å². The van der Waals surface area contributed by atoms with Crippen LogP contribution in [0.5, 0.6) is 0 Å². The van der Waals surface area contributed by atoms with Gasteiger partial charge in [-0.05, 0) is 31.5 Å². The van der Waals surface area contributed by atoms with Gasteiger partial charge >= 0.3 is 0 Å². The minimum atomic E-state index is 0. The second-order valence-corrected chi connectivity index (χ2v) is 3.98. The lowest BCUT2D eigenvalue weighted by atomic mass is 10.00. The van der Waals surface area contributed by atoms with Crippen molar-refractivity contribution in [2.45, 2.75) is 18.8 Å². The minimum Gasteiger partial charge on any atom is -0.461 e. The minimum absolute atomic E-state index is 0. The Balaban J connectivity index is 0.00000108. The van der Waals surface area contributed by atoms with Crippen molar-refractivity contribution in [2.24, 2.45) is 0 Å². The fraction of sp³-hybridized carbons (Fsp3) is 0.455. The first kappa shape index (κ1) is 12.1. The Hall–Kier alpha value is -1.33. The van der Waals surface area contributed by atoms with Gasteiger partial charge in [0.15, 0.2) is 5.76 Å². The van der Waals surface area contributed by atoms with Gasteiger partial charge in [-0.1, -0.05) is 5.16 Å². The molecular formula is C11H14ClN3O2. The molecule has 0 spiro atoms. The number of hydrogen-bond acceptors (Lipinski definition) is 5. The molecule has 1 unspecified atom stereocenters. The Morgan fingerprint density at radius 1 is 1.41 bits per heavy atom. The molecule has 17 heavy (non-hydrogen) atoms. The van der Waals surface area contributed by atoms with E-state index in [1.54, 1.807) is 6.26 Å². The maximum atomic E-state index is 5.27. The summed E-state index contributed by atoms with van der Waals surface area (Å²) in [5, 5.41) is 7.25. The quantitative estimate of drug-likeness (QED) is 0.891. The third-order valence-corrected chi connectivity index (χ3v) is 2.83.